The van der Waals surface area contributed by atoms with Gasteiger partial charge in [-0.1, -0.05) is 29.3 Å². The van der Waals surface area contributed by atoms with Gasteiger partial charge in [0, 0.05) is 17.6 Å². The lowest BCUT2D eigenvalue weighted by Gasteiger charge is -2.08. The number of carbonyl (C=O) groups is 2. The zero-order valence-corrected chi connectivity index (χ0v) is 17.1. The Balaban J connectivity index is 1.97. The lowest BCUT2D eigenvalue weighted by Crippen LogP contribution is -2.23. The minimum Gasteiger partial charge on any atom is -0.495 e. The highest BCUT2D eigenvalue weighted by atomic mass is 35.5. The van der Waals surface area contributed by atoms with Gasteiger partial charge in [-0.05, 0) is 48.2 Å². The van der Waals surface area contributed by atoms with Gasteiger partial charge >= 0.3 is 5.97 Å². The van der Waals surface area contributed by atoms with Crippen molar-refractivity contribution in [3.05, 3.63) is 62.5 Å². The smallest absolute Gasteiger partial charge is 0.335 e. The molecule has 9 heteroatoms. The van der Waals surface area contributed by atoms with Gasteiger partial charge in [0.1, 0.15) is 5.75 Å². The largest absolute Gasteiger partial charge is 0.495 e. The van der Waals surface area contributed by atoms with Gasteiger partial charge in [-0.15, -0.1) is 0 Å². The van der Waals surface area contributed by atoms with E-state index < -0.39 is 5.97 Å². The molecule has 1 heterocycles. The normalized spacial score (nSPS) is 16.9. The predicted molar refractivity (Wildman–Crippen MR) is 112 cm³/mol. The van der Waals surface area contributed by atoms with Crippen LogP contribution in [0, 0.1) is 0 Å². The molecule has 0 spiro atoms. The lowest BCUT2D eigenvalue weighted by molar-refractivity contribution is -0.121. The van der Waals surface area contributed by atoms with E-state index in [1.165, 1.54) is 24.1 Å². The number of nitrogens with zero attached hydrogens (tertiary/aromatic N) is 2. The Bertz CT molecular complexity index is 1040. The summed E-state index contributed by atoms with van der Waals surface area (Å²) in [6, 6.07) is 9.39. The van der Waals surface area contributed by atoms with E-state index in [4.69, 9.17) is 33.0 Å². The van der Waals surface area contributed by atoms with Crippen LogP contribution in [-0.2, 0) is 4.79 Å². The third-order valence-electron chi connectivity index (χ3n) is 3.85. The summed E-state index contributed by atoms with van der Waals surface area (Å²) in [6.07, 6.45) is 1.64. The molecule has 144 valence electrons. The number of carboxylic acid groups (broad SMARTS) is 1. The average Bonchev–Trinajstić information content (AvgIpc) is 2.89. The zero-order chi connectivity index (χ0) is 20.4. The molecule has 0 aromatic heterocycles. The van der Waals surface area contributed by atoms with Crippen LogP contribution in [0.5, 0.6) is 5.75 Å². The van der Waals surface area contributed by atoms with Crippen LogP contribution in [0.3, 0.4) is 0 Å². The van der Waals surface area contributed by atoms with Crippen LogP contribution in [0.25, 0.3) is 6.08 Å². The fourth-order valence-electron chi connectivity index (χ4n) is 2.51. The van der Waals surface area contributed by atoms with Crippen molar-refractivity contribution in [2.24, 2.45) is 4.99 Å². The first kappa shape index (κ1) is 20.3. The summed E-state index contributed by atoms with van der Waals surface area (Å²) in [6.45, 7) is 0. The number of benzene rings is 2. The predicted octanol–water partition coefficient (Wildman–Crippen LogP) is 4.93. The molecule has 0 radical (unpaired) electrons. The van der Waals surface area contributed by atoms with Gasteiger partial charge in [0.2, 0.25) is 0 Å². The Kier molecular flexibility index (Phi) is 5.98. The molecule has 28 heavy (non-hydrogen) atoms. The maximum atomic E-state index is 12.6. The number of aliphatic imine (C=N–C) groups is 1. The van der Waals surface area contributed by atoms with Crippen molar-refractivity contribution >= 4 is 63.8 Å². The third kappa shape index (κ3) is 4.16. The number of thioether (sulfide) groups is 1. The second-order valence-corrected chi connectivity index (χ2v) is 7.59. The fraction of sp³-hybridized carbons (Fsp3) is 0.105. The molecule has 1 saturated heterocycles. The molecule has 2 aromatic rings. The number of rotatable bonds is 4. The van der Waals surface area contributed by atoms with E-state index in [1.807, 2.05) is 0 Å². The molecule has 0 saturated carbocycles. The first-order valence-electron chi connectivity index (χ1n) is 7.93. The molecule has 1 aliphatic heterocycles. The summed E-state index contributed by atoms with van der Waals surface area (Å²) in [5.74, 6) is -0.887. The average molecular weight is 437 g/mol. The van der Waals surface area contributed by atoms with Gasteiger partial charge in [-0.3, -0.25) is 9.69 Å². The van der Waals surface area contributed by atoms with E-state index in [-0.39, 0.29) is 11.5 Å². The summed E-state index contributed by atoms with van der Waals surface area (Å²) in [7, 11) is 3.08. The number of carboxylic acids is 1. The fourth-order valence-corrected chi connectivity index (χ4v) is 4.08. The summed E-state index contributed by atoms with van der Waals surface area (Å²) >= 11 is 13.4. The Morgan fingerprint density at radius 3 is 2.71 bits per heavy atom. The van der Waals surface area contributed by atoms with Gasteiger partial charge in [0.15, 0.2) is 5.17 Å². The van der Waals surface area contributed by atoms with E-state index in [2.05, 4.69) is 4.99 Å². The number of likely N-dealkylation sites (N-methyl/N-ethyl adjacent to an activating group) is 1. The molecule has 0 unspecified atom stereocenters. The summed E-state index contributed by atoms with van der Waals surface area (Å²) in [5, 5.41) is 10.3. The van der Waals surface area contributed by atoms with Crippen LogP contribution < -0.4 is 4.74 Å². The molecule has 3 rings (SSSR count). The van der Waals surface area contributed by atoms with Gasteiger partial charge in [0.05, 0.1) is 28.3 Å². The van der Waals surface area contributed by atoms with Crippen LogP contribution in [0.4, 0.5) is 5.69 Å². The van der Waals surface area contributed by atoms with Gasteiger partial charge in [-0.2, -0.15) is 0 Å². The molecular formula is C19H14Cl2N2O4S. The molecule has 1 N–H and O–H groups in total. The van der Waals surface area contributed by atoms with Crippen molar-refractivity contribution in [3.63, 3.8) is 0 Å². The van der Waals surface area contributed by atoms with Crippen molar-refractivity contribution in [3.8, 4) is 5.75 Å². The number of hydrogen-bond donors (Lipinski definition) is 1. The van der Waals surface area contributed by atoms with E-state index in [0.717, 1.165) is 11.8 Å². The van der Waals surface area contributed by atoms with E-state index in [1.54, 1.807) is 37.4 Å². The molecule has 2 aromatic carbocycles. The minimum absolute atomic E-state index is 0.118. The van der Waals surface area contributed by atoms with Crippen molar-refractivity contribution in [1.82, 2.24) is 4.90 Å². The second kappa shape index (κ2) is 8.26. The van der Waals surface area contributed by atoms with Crippen molar-refractivity contribution in [2.45, 2.75) is 0 Å². The molecule has 0 atom stereocenters. The number of hydrogen-bond acceptors (Lipinski definition) is 5. The summed E-state index contributed by atoms with van der Waals surface area (Å²) < 4.78 is 5.31. The molecule has 1 aliphatic rings. The Morgan fingerprint density at radius 2 is 2.04 bits per heavy atom. The van der Waals surface area contributed by atoms with Crippen LogP contribution in [0.2, 0.25) is 10.0 Å². The first-order chi connectivity index (χ1) is 13.3. The summed E-state index contributed by atoms with van der Waals surface area (Å²) in [4.78, 5) is 29.9. The van der Waals surface area contributed by atoms with Crippen molar-refractivity contribution < 1.29 is 19.4 Å². The van der Waals surface area contributed by atoms with Crippen LogP contribution in [-0.4, -0.2) is 41.2 Å². The number of aromatic carboxylic acids is 1. The number of amides is 1. The molecule has 1 amide bonds. The molecule has 1 fully saturated rings. The maximum Gasteiger partial charge on any atom is 0.335 e. The van der Waals surface area contributed by atoms with Crippen LogP contribution in [0.15, 0.2) is 46.3 Å². The van der Waals surface area contributed by atoms with Crippen molar-refractivity contribution in [2.75, 3.05) is 14.2 Å². The molecule has 6 nitrogen and oxygen atoms in total. The Labute approximate surface area is 175 Å². The number of halogens is 2. The Morgan fingerprint density at radius 1 is 1.29 bits per heavy atom. The summed E-state index contributed by atoms with van der Waals surface area (Å²) in [5.41, 5.74) is 1.12. The quantitative estimate of drug-likeness (QED) is 0.686. The highest BCUT2D eigenvalue weighted by molar-refractivity contribution is 8.18. The second-order valence-electron chi connectivity index (χ2n) is 5.73. The number of amidine groups is 1. The van der Waals surface area contributed by atoms with Gasteiger partial charge in [0.25, 0.3) is 5.91 Å². The van der Waals surface area contributed by atoms with E-state index in [9.17, 15) is 9.59 Å². The third-order valence-corrected chi connectivity index (χ3v) is 5.41. The topological polar surface area (TPSA) is 79.2 Å². The Hall–Kier alpha value is -2.48. The molecule has 0 aliphatic carbocycles. The monoisotopic (exact) mass is 436 g/mol. The van der Waals surface area contributed by atoms with Crippen LogP contribution >= 0.6 is 35.0 Å². The highest BCUT2D eigenvalue weighted by Gasteiger charge is 2.31. The first-order valence-corrected chi connectivity index (χ1v) is 9.50. The standard InChI is InChI=1S/C19H14Cl2N2O4S/c1-23-17(24)15(8-11-6-12(20)9-14(21)16(11)27-2)28-19(23)22-13-5-3-4-10(7-13)18(25)26/h3-9H,1-2H3,(H,25,26)/b15-8-,22-19?. The maximum absolute atomic E-state index is 12.6. The number of carbonyl (C=O) groups excluding carboxylic acids is 1. The zero-order valence-electron chi connectivity index (χ0n) is 14.8. The minimum atomic E-state index is -1.05. The molecule has 0 bridgehead atoms. The number of ether oxygens (including phenoxy) is 1. The lowest BCUT2D eigenvalue weighted by atomic mass is 10.2. The van der Waals surface area contributed by atoms with E-state index in [0.29, 0.717) is 37.1 Å². The van der Waals surface area contributed by atoms with Crippen molar-refractivity contribution in [1.29, 1.82) is 0 Å². The van der Waals surface area contributed by atoms with E-state index >= 15 is 0 Å². The van der Waals surface area contributed by atoms with Crippen LogP contribution in [0.1, 0.15) is 15.9 Å². The SMILES string of the molecule is COc1c(Cl)cc(Cl)cc1/C=C1\SC(=Nc2cccc(C(=O)O)c2)N(C)C1=O. The van der Waals surface area contributed by atoms with Gasteiger partial charge in [-0.25, -0.2) is 9.79 Å². The highest BCUT2D eigenvalue weighted by Crippen LogP contribution is 2.38. The number of methoxy groups -OCH3 is 1. The van der Waals surface area contributed by atoms with Gasteiger partial charge < -0.3 is 9.84 Å². The molecular weight excluding hydrogens is 423 g/mol.